The first kappa shape index (κ1) is 14.6. The minimum absolute atomic E-state index is 0.00771. The van der Waals surface area contributed by atoms with Crippen LogP contribution in [0.15, 0.2) is 23.1 Å². The third-order valence-corrected chi connectivity index (χ3v) is 6.07. The second-order valence-corrected chi connectivity index (χ2v) is 7.25. The summed E-state index contributed by atoms with van der Waals surface area (Å²) in [5.41, 5.74) is 6.06. The molecule has 4 nitrogen and oxygen atoms in total. The van der Waals surface area contributed by atoms with Crippen LogP contribution in [0.2, 0.25) is 5.02 Å². The molecule has 1 aliphatic rings. The van der Waals surface area contributed by atoms with Crippen LogP contribution in [0.3, 0.4) is 0 Å². The molecule has 0 aromatic heterocycles. The van der Waals surface area contributed by atoms with Crippen LogP contribution in [0.5, 0.6) is 0 Å². The topological polar surface area (TPSA) is 63.4 Å². The van der Waals surface area contributed by atoms with Crippen LogP contribution in [0.25, 0.3) is 0 Å². The van der Waals surface area contributed by atoms with Crippen molar-refractivity contribution in [2.75, 3.05) is 5.73 Å². The second-order valence-electron chi connectivity index (χ2n) is 5.01. The molecule has 0 saturated carbocycles. The van der Waals surface area contributed by atoms with Crippen LogP contribution in [-0.4, -0.2) is 24.8 Å². The number of halogens is 1. The van der Waals surface area contributed by atoms with E-state index in [1.54, 1.807) is 10.4 Å². The predicted molar refractivity (Wildman–Crippen MR) is 77.7 cm³/mol. The highest BCUT2D eigenvalue weighted by Gasteiger charge is 2.39. The maximum Gasteiger partial charge on any atom is 0.245 e. The zero-order valence-corrected chi connectivity index (χ0v) is 12.7. The Bertz CT molecular complexity index is 574. The summed E-state index contributed by atoms with van der Waals surface area (Å²) < 4.78 is 27.1. The van der Waals surface area contributed by atoms with Crippen LogP contribution < -0.4 is 5.73 Å². The van der Waals surface area contributed by atoms with Crippen molar-refractivity contribution >= 4 is 27.3 Å². The summed E-state index contributed by atoms with van der Waals surface area (Å²) in [7, 11) is -3.58. The molecule has 1 heterocycles. The van der Waals surface area contributed by atoms with E-state index in [4.69, 9.17) is 17.3 Å². The molecule has 106 valence electrons. The van der Waals surface area contributed by atoms with Crippen molar-refractivity contribution in [3.63, 3.8) is 0 Å². The number of hydrogen-bond acceptors (Lipinski definition) is 3. The minimum atomic E-state index is -3.58. The van der Waals surface area contributed by atoms with Gasteiger partial charge < -0.3 is 5.73 Å². The lowest BCUT2D eigenvalue weighted by molar-refractivity contribution is 0.329. The van der Waals surface area contributed by atoms with Gasteiger partial charge in [-0.1, -0.05) is 18.5 Å². The van der Waals surface area contributed by atoms with Gasteiger partial charge in [0.1, 0.15) is 4.90 Å². The average molecular weight is 303 g/mol. The van der Waals surface area contributed by atoms with Crippen LogP contribution in [0, 0.1) is 0 Å². The van der Waals surface area contributed by atoms with E-state index < -0.39 is 10.0 Å². The van der Waals surface area contributed by atoms with Gasteiger partial charge in [-0.2, -0.15) is 4.31 Å². The van der Waals surface area contributed by atoms with Crippen molar-refractivity contribution in [3.05, 3.63) is 23.2 Å². The molecular weight excluding hydrogens is 284 g/mol. The Balaban J connectivity index is 2.50. The first-order chi connectivity index (χ1) is 8.87. The van der Waals surface area contributed by atoms with E-state index >= 15 is 0 Å². The molecule has 0 radical (unpaired) electrons. The van der Waals surface area contributed by atoms with Gasteiger partial charge in [0, 0.05) is 17.1 Å². The summed E-state index contributed by atoms with van der Waals surface area (Å²) in [4.78, 5) is 0.118. The molecular formula is C13H19ClN2O2S. The van der Waals surface area contributed by atoms with E-state index in [1.165, 1.54) is 12.1 Å². The lowest BCUT2D eigenvalue weighted by Gasteiger charge is -2.27. The Morgan fingerprint density at radius 1 is 1.42 bits per heavy atom. The van der Waals surface area contributed by atoms with Gasteiger partial charge in [-0.15, -0.1) is 0 Å². The van der Waals surface area contributed by atoms with Gasteiger partial charge in [0.25, 0.3) is 0 Å². The number of nitrogens with zero attached hydrogens (tertiary/aromatic N) is 1. The van der Waals surface area contributed by atoms with Crippen molar-refractivity contribution in [2.45, 2.75) is 50.1 Å². The summed E-state index contributed by atoms with van der Waals surface area (Å²) in [5, 5.41) is 0.382. The van der Waals surface area contributed by atoms with E-state index in [-0.39, 0.29) is 22.7 Å². The van der Waals surface area contributed by atoms with E-state index in [0.29, 0.717) is 5.02 Å². The quantitative estimate of drug-likeness (QED) is 0.873. The van der Waals surface area contributed by atoms with Crippen LogP contribution in [0.1, 0.15) is 33.1 Å². The summed E-state index contributed by atoms with van der Waals surface area (Å²) in [5.74, 6) is 0. The number of anilines is 1. The normalized spacial score (nSPS) is 24.8. The lowest BCUT2D eigenvalue weighted by atomic mass is 10.2. The Morgan fingerprint density at radius 2 is 2.11 bits per heavy atom. The van der Waals surface area contributed by atoms with Gasteiger partial charge in [0.15, 0.2) is 0 Å². The van der Waals surface area contributed by atoms with Crippen molar-refractivity contribution in [3.8, 4) is 0 Å². The number of nitrogens with two attached hydrogens (primary N) is 1. The number of benzene rings is 1. The molecule has 1 saturated heterocycles. The highest BCUT2D eigenvalue weighted by atomic mass is 35.5. The fraction of sp³-hybridized carbons (Fsp3) is 0.538. The van der Waals surface area contributed by atoms with E-state index in [2.05, 4.69) is 0 Å². The second kappa shape index (κ2) is 5.31. The molecule has 19 heavy (non-hydrogen) atoms. The molecule has 0 amide bonds. The first-order valence-electron chi connectivity index (χ1n) is 6.46. The maximum atomic E-state index is 12.8. The molecule has 0 spiro atoms. The zero-order valence-electron chi connectivity index (χ0n) is 11.1. The fourth-order valence-electron chi connectivity index (χ4n) is 2.71. The first-order valence-corrected chi connectivity index (χ1v) is 8.28. The number of nitrogen functional groups attached to an aromatic ring is 1. The summed E-state index contributed by atoms with van der Waals surface area (Å²) >= 11 is 5.90. The van der Waals surface area contributed by atoms with Crippen LogP contribution in [0.4, 0.5) is 5.69 Å². The van der Waals surface area contributed by atoms with Gasteiger partial charge >= 0.3 is 0 Å². The molecule has 2 atom stereocenters. The van der Waals surface area contributed by atoms with Gasteiger partial charge in [0.05, 0.1) is 5.69 Å². The number of hydrogen-bond donors (Lipinski definition) is 1. The monoisotopic (exact) mass is 302 g/mol. The van der Waals surface area contributed by atoms with Crippen molar-refractivity contribution in [1.82, 2.24) is 4.31 Å². The van der Waals surface area contributed by atoms with E-state index in [9.17, 15) is 8.42 Å². The smallest absolute Gasteiger partial charge is 0.245 e. The van der Waals surface area contributed by atoms with Crippen LogP contribution in [-0.2, 0) is 10.0 Å². The highest BCUT2D eigenvalue weighted by molar-refractivity contribution is 7.89. The zero-order chi connectivity index (χ0) is 14.2. The number of rotatable bonds is 3. The molecule has 0 bridgehead atoms. The van der Waals surface area contributed by atoms with Gasteiger partial charge in [-0.3, -0.25) is 0 Å². The summed E-state index contributed by atoms with van der Waals surface area (Å²) in [6.45, 7) is 3.94. The predicted octanol–water partition coefficient (Wildman–Crippen LogP) is 2.87. The molecule has 1 aromatic rings. The Hall–Kier alpha value is -0.780. The molecule has 0 aliphatic carbocycles. The van der Waals surface area contributed by atoms with Gasteiger partial charge in [-0.25, -0.2) is 8.42 Å². The summed E-state index contributed by atoms with van der Waals surface area (Å²) in [6, 6.07) is 4.63. The molecule has 1 fully saturated rings. The fourth-order valence-corrected chi connectivity index (χ4v) is 5.04. The molecule has 1 aromatic carbocycles. The Morgan fingerprint density at radius 3 is 2.74 bits per heavy atom. The van der Waals surface area contributed by atoms with Crippen LogP contribution >= 0.6 is 11.6 Å². The minimum Gasteiger partial charge on any atom is -0.398 e. The average Bonchev–Trinajstić information content (AvgIpc) is 2.74. The van der Waals surface area contributed by atoms with Gasteiger partial charge in [0.2, 0.25) is 10.0 Å². The molecule has 6 heteroatoms. The highest BCUT2D eigenvalue weighted by Crippen LogP contribution is 2.35. The molecule has 1 aliphatic heterocycles. The maximum absolute atomic E-state index is 12.8. The third-order valence-electron chi connectivity index (χ3n) is 3.71. The van der Waals surface area contributed by atoms with Crippen molar-refractivity contribution in [2.24, 2.45) is 0 Å². The lowest BCUT2D eigenvalue weighted by Crippen LogP contribution is -2.39. The van der Waals surface area contributed by atoms with Crippen molar-refractivity contribution in [1.29, 1.82) is 0 Å². The molecule has 2 rings (SSSR count). The summed E-state index contributed by atoms with van der Waals surface area (Å²) in [6.07, 6.45) is 2.60. The Labute approximate surface area is 119 Å². The SMILES string of the molecule is CCC1CCC(C)N1S(=O)(=O)c1cc(Cl)ccc1N. The third kappa shape index (κ3) is 2.59. The van der Waals surface area contributed by atoms with Gasteiger partial charge in [-0.05, 0) is 44.4 Å². The van der Waals surface area contributed by atoms with Crippen molar-refractivity contribution < 1.29 is 8.42 Å². The standard InChI is InChI=1S/C13H19ClN2O2S/c1-3-11-6-4-9(2)16(11)19(17,18)13-8-10(14)5-7-12(13)15/h5,7-9,11H,3-4,6,15H2,1-2H3. The van der Waals surface area contributed by atoms with E-state index in [0.717, 1.165) is 19.3 Å². The molecule has 2 unspecified atom stereocenters. The Kier molecular flexibility index (Phi) is 4.08. The van der Waals surface area contributed by atoms with E-state index in [1.807, 2.05) is 13.8 Å². The molecule has 2 N–H and O–H groups in total. The largest absolute Gasteiger partial charge is 0.398 e. The number of sulfonamides is 1.